The fourth-order valence-corrected chi connectivity index (χ4v) is 1.58. The van der Waals surface area contributed by atoms with Gasteiger partial charge in [0.15, 0.2) is 0 Å². The monoisotopic (exact) mass is 251 g/mol. The van der Waals surface area contributed by atoms with Crippen molar-refractivity contribution in [1.82, 2.24) is 4.90 Å². The summed E-state index contributed by atoms with van der Waals surface area (Å²) >= 11 is 0. The van der Waals surface area contributed by atoms with Crippen LogP contribution in [-0.4, -0.2) is 36.6 Å². The Morgan fingerprint density at radius 2 is 2.06 bits per heavy atom. The van der Waals surface area contributed by atoms with E-state index in [0.29, 0.717) is 25.2 Å². The molecular weight excluding hydrogens is 230 g/mol. The summed E-state index contributed by atoms with van der Waals surface area (Å²) < 4.78 is 5.57. The van der Waals surface area contributed by atoms with Crippen LogP contribution in [0.4, 0.5) is 0 Å². The highest BCUT2D eigenvalue weighted by molar-refractivity contribution is 5.75. The van der Waals surface area contributed by atoms with Gasteiger partial charge in [-0.2, -0.15) is 0 Å². The highest BCUT2D eigenvalue weighted by Gasteiger charge is 2.11. The van der Waals surface area contributed by atoms with E-state index >= 15 is 0 Å². The van der Waals surface area contributed by atoms with E-state index in [1.807, 2.05) is 31.2 Å². The Labute approximate surface area is 108 Å². The lowest BCUT2D eigenvalue weighted by Crippen LogP contribution is -2.23. The Morgan fingerprint density at radius 3 is 2.67 bits per heavy atom. The normalized spacial score (nSPS) is 12.0. The molecule has 0 bridgehead atoms. The highest BCUT2D eigenvalue weighted by atomic mass is 16.5. The summed E-state index contributed by atoms with van der Waals surface area (Å²) in [5, 5.41) is 9.85. The molecule has 4 nitrogen and oxygen atoms in total. The van der Waals surface area contributed by atoms with Gasteiger partial charge in [-0.05, 0) is 12.5 Å². The topological polar surface area (TPSA) is 49.8 Å². The van der Waals surface area contributed by atoms with Gasteiger partial charge < -0.3 is 14.7 Å². The lowest BCUT2D eigenvalue weighted by atomic mass is 10.1. The molecule has 100 valence electrons. The van der Waals surface area contributed by atoms with Gasteiger partial charge in [-0.1, -0.05) is 25.1 Å². The molecule has 0 saturated heterocycles. The quantitative estimate of drug-likeness (QED) is 0.841. The van der Waals surface area contributed by atoms with Crippen molar-refractivity contribution in [3.8, 4) is 5.75 Å². The SMILES string of the molecule is CCC(O)c1ccccc1OCCC(=O)N(C)C. The number of benzene rings is 1. The van der Waals surface area contributed by atoms with Gasteiger partial charge in [0, 0.05) is 19.7 Å². The average Bonchev–Trinajstić information content (AvgIpc) is 2.38. The first-order valence-electron chi connectivity index (χ1n) is 6.16. The molecule has 0 radical (unpaired) electrons. The number of rotatable bonds is 6. The van der Waals surface area contributed by atoms with Gasteiger partial charge >= 0.3 is 0 Å². The number of para-hydroxylation sites is 1. The van der Waals surface area contributed by atoms with Crippen LogP contribution in [0.2, 0.25) is 0 Å². The van der Waals surface area contributed by atoms with Crippen molar-refractivity contribution in [2.45, 2.75) is 25.9 Å². The Balaban J connectivity index is 2.59. The first-order chi connectivity index (χ1) is 8.56. The molecule has 0 aliphatic rings. The lowest BCUT2D eigenvalue weighted by Gasteiger charge is -2.15. The zero-order valence-corrected chi connectivity index (χ0v) is 11.2. The number of hydrogen-bond acceptors (Lipinski definition) is 3. The molecule has 0 saturated carbocycles. The molecule has 0 aliphatic heterocycles. The van der Waals surface area contributed by atoms with Gasteiger partial charge in [0.1, 0.15) is 5.75 Å². The van der Waals surface area contributed by atoms with E-state index < -0.39 is 6.10 Å². The summed E-state index contributed by atoms with van der Waals surface area (Å²) in [6.45, 7) is 2.24. The smallest absolute Gasteiger partial charge is 0.225 e. The number of aliphatic hydroxyl groups excluding tert-OH is 1. The van der Waals surface area contributed by atoms with Crippen molar-refractivity contribution in [2.75, 3.05) is 20.7 Å². The molecule has 1 N–H and O–H groups in total. The molecule has 4 heteroatoms. The number of ether oxygens (including phenoxy) is 1. The predicted octanol–water partition coefficient (Wildman–Crippen LogP) is 1.99. The van der Waals surface area contributed by atoms with E-state index in [1.54, 1.807) is 14.1 Å². The zero-order chi connectivity index (χ0) is 13.5. The van der Waals surface area contributed by atoms with Crippen molar-refractivity contribution in [1.29, 1.82) is 0 Å². The van der Waals surface area contributed by atoms with Crippen molar-refractivity contribution in [2.24, 2.45) is 0 Å². The molecule has 1 aromatic rings. The van der Waals surface area contributed by atoms with Crippen LogP contribution >= 0.6 is 0 Å². The summed E-state index contributed by atoms with van der Waals surface area (Å²) in [5.41, 5.74) is 0.775. The van der Waals surface area contributed by atoms with Crippen molar-refractivity contribution >= 4 is 5.91 Å². The van der Waals surface area contributed by atoms with Crippen LogP contribution < -0.4 is 4.74 Å². The second-order valence-corrected chi connectivity index (χ2v) is 4.35. The highest BCUT2D eigenvalue weighted by Crippen LogP contribution is 2.26. The molecule has 0 fully saturated rings. The van der Waals surface area contributed by atoms with E-state index in [4.69, 9.17) is 4.74 Å². The van der Waals surface area contributed by atoms with Crippen LogP contribution in [0.3, 0.4) is 0 Å². The van der Waals surface area contributed by atoms with Gasteiger partial charge in [-0.25, -0.2) is 0 Å². The molecule has 1 amide bonds. The molecule has 0 aromatic heterocycles. The fourth-order valence-electron chi connectivity index (χ4n) is 1.58. The van der Waals surface area contributed by atoms with Gasteiger partial charge in [0.2, 0.25) is 5.91 Å². The van der Waals surface area contributed by atoms with E-state index in [0.717, 1.165) is 5.56 Å². The average molecular weight is 251 g/mol. The maximum atomic E-state index is 11.4. The Kier molecular flexibility index (Phi) is 5.65. The molecule has 1 unspecified atom stereocenters. The van der Waals surface area contributed by atoms with Crippen LogP contribution in [0.15, 0.2) is 24.3 Å². The standard InChI is InChI=1S/C14H21NO3/c1-4-12(16)11-7-5-6-8-13(11)18-10-9-14(17)15(2)3/h5-8,12,16H,4,9-10H2,1-3H3. The third-order valence-electron chi connectivity index (χ3n) is 2.74. The predicted molar refractivity (Wildman–Crippen MR) is 70.5 cm³/mol. The van der Waals surface area contributed by atoms with Crippen LogP contribution in [0.1, 0.15) is 31.4 Å². The Bertz CT molecular complexity index is 390. The van der Waals surface area contributed by atoms with Gasteiger partial charge in [0.05, 0.1) is 19.1 Å². The van der Waals surface area contributed by atoms with Crippen molar-refractivity contribution < 1.29 is 14.6 Å². The number of amides is 1. The lowest BCUT2D eigenvalue weighted by molar-refractivity contribution is -0.129. The molecular formula is C14H21NO3. The summed E-state index contributed by atoms with van der Waals surface area (Å²) in [5.74, 6) is 0.682. The van der Waals surface area contributed by atoms with Crippen molar-refractivity contribution in [3.05, 3.63) is 29.8 Å². The summed E-state index contributed by atoms with van der Waals surface area (Å²) in [6.07, 6.45) is 0.450. The number of carbonyl (C=O) groups excluding carboxylic acids is 1. The van der Waals surface area contributed by atoms with E-state index in [2.05, 4.69) is 0 Å². The largest absolute Gasteiger partial charge is 0.493 e. The van der Waals surface area contributed by atoms with Crippen LogP contribution in [0.5, 0.6) is 5.75 Å². The second-order valence-electron chi connectivity index (χ2n) is 4.35. The summed E-state index contributed by atoms with van der Waals surface area (Å²) in [6, 6.07) is 7.38. The minimum atomic E-state index is -0.522. The van der Waals surface area contributed by atoms with Crippen molar-refractivity contribution in [3.63, 3.8) is 0 Å². The number of aliphatic hydroxyl groups is 1. The Morgan fingerprint density at radius 1 is 1.39 bits per heavy atom. The number of hydrogen-bond donors (Lipinski definition) is 1. The first kappa shape index (κ1) is 14.5. The molecule has 1 aromatic carbocycles. The number of nitrogens with zero attached hydrogens (tertiary/aromatic N) is 1. The molecule has 0 aliphatic carbocycles. The van der Waals surface area contributed by atoms with E-state index in [9.17, 15) is 9.90 Å². The third kappa shape index (κ3) is 4.04. The molecule has 1 rings (SSSR count). The first-order valence-corrected chi connectivity index (χ1v) is 6.16. The van der Waals surface area contributed by atoms with Gasteiger partial charge in [-0.15, -0.1) is 0 Å². The second kappa shape index (κ2) is 7.01. The van der Waals surface area contributed by atoms with E-state index in [1.165, 1.54) is 4.90 Å². The van der Waals surface area contributed by atoms with Crippen LogP contribution in [0, 0.1) is 0 Å². The minimum absolute atomic E-state index is 0.0310. The van der Waals surface area contributed by atoms with E-state index in [-0.39, 0.29) is 5.91 Å². The molecule has 1 atom stereocenters. The van der Waals surface area contributed by atoms with Crippen LogP contribution in [0.25, 0.3) is 0 Å². The minimum Gasteiger partial charge on any atom is -0.493 e. The molecule has 0 heterocycles. The maximum Gasteiger partial charge on any atom is 0.225 e. The maximum absolute atomic E-state index is 11.4. The molecule has 18 heavy (non-hydrogen) atoms. The fraction of sp³-hybridized carbons (Fsp3) is 0.500. The van der Waals surface area contributed by atoms with Gasteiger partial charge in [-0.3, -0.25) is 4.79 Å². The third-order valence-corrected chi connectivity index (χ3v) is 2.74. The Hall–Kier alpha value is -1.55. The molecule has 0 spiro atoms. The summed E-state index contributed by atoms with van der Waals surface area (Å²) in [4.78, 5) is 12.9. The number of carbonyl (C=O) groups is 1. The summed E-state index contributed by atoms with van der Waals surface area (Å²) in [7, 11) is 3.44. The zero-order valence-electron chi connectivity index (χ0n) is 11.2. The van der Waals surface area contributed by atoms with Gasteiger partial charge in [0.25, 0.3) is 0 Å². The van der Waals surface area contributed by atoms with Crippen LogP contribution in [-0.2, 0) is 4.79 Å².